The molecule has 2 aromatic rings. The maximum absolute atomic E-state index is 13.1. The smallest absolute Gasteiger partial charge is 0.267 e. The third-order valence-electron chi connectivity index (χ3n) is 4.50. The highest BCUT2D eigenvalue weighted by molar-refractivity contribution is 9.10. The number of carbonyl (C=O) groups excluding carboxylic acids is 2. The minimum atomic E-state index is -4.17. The molecule has 2 aromatic carbocycles. The van der Waals surface area contributed by atoms with Gasteiger partial charge in [-0.2, -0.15) is 0 Å². The van der Waals surface area contributed by atoms with Gasteiger partial charge in [-0.1, -0.05) is 15.9 Å². The van der Waals surface area contributed by atoms with E-state index in [0.29, 0.717) is 21.3 Å². The lowest BCUT2D eigenvalue weighted by Crippen LogP contribution is -2.45. The third-order valence-corrected chi connectivity index (χ3v) is 6.85. The summed E-state index contributed by atoms with van der Waals surface area (Å²) in [5, 5.41) is 2.68. The quantitative estimate of drug-likeness (QED) is 0.730. The van der Waals surface area contributed by atoms with Gasteiger partial charge in [0.25, 0.3) is 10.0 Å². The van der Waals surface area contributed by atoms with Gasteiger partial charge in [0.15, 0.2) is 0 Å². The first-order chi connectivity index (χ1) is 13.2. The molecule has 0 saturated carbocycles. The van der Waals surface area contributed by atoms with Crippen molar-refractivity contribution in [3.8, 4) is 5.75 Å². The zero-order chi connectivity index (χ0) is 20.5. The molecule has 1 aliphatic rings. The molecule has 1 atom stereocenters. The number of carbonyl (C=O) groups is 2. The minimum Gasteiger partial charge on any atom is -0.496 e. The summed E-state index contributed by atoms with van der Waals surface area (Å²) >= 11 is 3.31. The molecule has 28 heavy (non-hydrogen) atoms. The Morgan fingerprint density at radius 3 is 2.50 bits per heavy atom. The Hall–Kier alpha value is -2.39. The molecule has 1 saturated heterocycles. The topological polar surface area (TPSA) is 92.8 Å². The second-order valence-electron chi connectivity index (χ2n) is 6.38. The molecule has 9 heteroatoms. The maximum Gasteiger partial charge on any atom is 0.267 e. The summed E-state index contributed by atoms with van der Waals surface area (Å²) in [5.74, 6) is -0.595. The van der Waals surface area contributed by atoms with Crippen molar-refractivity contribution < 1.29 is 22.7 Å². The van der Waals surface area contributed by atoms with Crippen LogP contribution < -0.4 is 10.1 Å². The van der Waals surface area contributed by atoms with Crippen molar-refractivity contribution in [2.75, 3.05) is 12.4 Å². The van der Waals surface area contributed by atoms with E-state index in [1.54, 1.807) is 31.2 Å². The lowest BCUT2D eigenvalue weighted by Gasteiger charge is -2.24. The summed E-state index contributed by atoms with van der Waals surface area (Å²) in [5.41, 5.74) is 1.14. The number of benzene rings is 2. The highest BCUT2D eigenvalue weighted by Gasteiger charge is 2.44. The van der Waals surface area contributed by atoms with Crippen molar-refractivity contribution in [3.05, 3.63) is 52.5 Å². The van der Waals surface area contributed by atoms with E-state index < -0.39 is 27.9 Å². The molecule has 1 fully saturated rings. The van der Waals surface area contributed by atoms with E-state index in [1.165, 1.54) is 25.3 Å². The molecule has 7 nitrogen and oxygen atoms in total. The van der Waals surface area contributed by atoms with Gasteiger partial charge in [0.2, 0.25) is 11.8 Å². The Balaban J connectivity index is 1.89. The monoisotopic (exact) mass is 466 g/mol. The molecule has 3 rings (SSSR count). The van der Waals surface area contributed by atoms with Crippen LogP contribution in [0.5, 0.6) is 5.75 Å². The first-order valence-corrected chi connectivity index (χ1v) is 10.8. The molecule has 1 N–H and O–H groups in total. The van der Waals surface area contributed by atoms with Crippen LogP contribution in [-0.4, -0.2) is 37.7 Å². The Morgan fingerprint density at radius 2 is 1.89 bits per heavy atom. The highest BCUT2D eigenvalue weighted by atomic mass is 79.9. The number of ether oxygens (including phenoxy) is 1. The highest BCUT2D eigenvalue weighted by Crippen LogP contribution is 2.30. The Morgan fingerprint density at radius 1 is 1.21 bits per heavy atom. The molecule has 2 amide bonds. The molecule has 148 valence electrons. The molecule has 0 bridgehead atoms. The number of hydrogen-bond donors (Lipinski definition) is 1. The number of halogens is 1. The molecule has 0 radical (unpaired) electrons. The Kier molecular flexibility index (Phi) is 5.76. The third kappa shape index (κ3) is 3.90. The van der Waals surface area contributed by atoms with Gasteiger partial charge in [-0.15, -0.1) is 0 Å². The summed E-state index contributed by atoms with van der Waals surface area (Å²) in [6.07, 6.45) is 0.127. The van der Waals surface area contributed by atoms with Crippen LogP contribution in [0.4, 0.5) is 5.69 Å². The second kappa shape index (κ2) is 7.92. The fraction of sp³-hybridized carbons (Fsp3) is 0.263. The molecule has 1 aliphatic heterocycles. The van der Waals surface area contributed by atoms with Crippen LogP contribution in [0.1, 0.15) is 18.4 Å². The summed E-state index contributed by atoms with van der Waals surface area (Å²) in [6.45, 7) is 1.71. The number of hydrogen-bond acceptors (Lipinski definition) is 5. The van der Waals surface area contributed by atoms with Gasteiger partial charge in [-0.3, -0.25) is 9.59 Å². The summed E-state index contributed by atoms with van der Waals surface area (Å²) in [7, 11) is -2.68. The number of nitrogens with one attached hydrogen (secondary N) is 1. The molecule has 1 heterocycles. The molecular formula is C19H19BrN2O5S. The van der Waals surface area contributed by atoms with Crippen molar-refractivity contribution >= 4 is 43.5 Å². The van der Waals surface area contributed by atoms with Gasteiger partial charge in [-0.05, 0) is 61.4 Å². The van der Waals surface area contributed by atoms with Crippen molar-refractivity contribution in [1.29, 1.82) is 0 Å². The van der Waals surface area contributed by atoms with E-state index in [0.717, 1.165) is 4.47 Å². The Bertz CT molecular complexity index is 1020. The predicted molar refractivity (Wildman–Crippen MR) is 108 cm³/mol. The van der Waals surface area contributed by atoms with Gasteiger partial charge in [0.05, 0.1) is 12.0 Å². The van der Waals surface area contributed by atoms with Crippen LogP contribution in [0.3, 0.4) is 0 Å². The van der Waals surface area contributed by atoms with Gasteiger partial charge >= 0.3 is 0 Å². The van der Waals surface area contributed by atoms with E-state index in [9.17, 15) is 18.0 Å². The number of aryl methyl sites for hydroxylation is 1. The van der Waals surface area contributed by atoms with Crippen LogP contribution >= 0.6 is 15.9 Å². The number of anilines is 1. The zero-order valence-corrected chi connectivity index (χ0v) is 17.7. The molecule has 0 aromatic heterocycles. The minimum absolute atomic E-state index is 0.00715. The standard InChI is InChI=1S/C19H19BrN2O5S/c1-12-11-15(7-9-17(12)27-2)28(25,26)22-16(8-10-18(22)23)19(24)21-14-5-3-13(20)4-6-14/h3-7,9,11,16H,8,10H2,1-2H3,(H,21,24)/t16-/m0/s1. The van der Waals surface area contributed by atoms with E-state index in [4.69, 9.17) is 4.74 Å². The zero-order valence-electron chi connectivity index (χ0n) is 15.3. The second-order valence-corrected chi connectivity index (χ2v) is 9.11. The summed E-state index contributed by atoms with van der Waals surface area (Å²) in [6, 6.07) is 10.1. The van der Waals surface area contributed by atoms with Crippen LogP contribution in [0.15, 0.2) is 51.8 Å². The van der Waals surface area contributed by atoms with Crippen LogP contribution in [0.2, 0.25) is 0 Å². The number of methoxy groups -OCH3 is 1. The fourth-order valence-electron chi connectivity index (χ4n) is 3.08. The summed E-state index contributed by atoms with van der Waals surface area (Å²) in [4.78, 5) is 25.0. The van der Waals surface area contributed by atoms with Crippen LogP contribution in [-0.2, 0) is 19.6 Å². The van der Waals surface area contributed by atoms with Gasteiger partial charge in [-0.25, -0.2) is 12.7 Å². The van der Waals surface area contributed by atoms with Crippen LogP contribution in [0.25, 0.3) is 0 Å². The normalized spacial score (nSPS) is 16.9. The van der Waals surface area contributed by atoms with E-state index in [1.807, 2.05) is 0 Å². The van der Waals surface area contributed by atoms with E-state index >= 15 is 0 Å². The van der Waals surface area contributed by atoms with Crippen molar-refractivity contribution in [2.24, 2.45) is 0 Å². The fourth-order valence-corrected chi connectivity index (χ4v) is 5.04. The average Bonchev–Trinajstić information content (AvgIpc) is 3.06. The van der Waals surface area contributed by atoms with Gasteiger partial charge in [0.1, 0.15) is 11.8 Å². The van der Waals surface area contributed by atoms with Crippen LogP contribution in [0, 0.1) is 6.92 Å². The lowest BCUT2D eigenvalue weighted by molar-refractivity contribution is -0.128. The van der Waals surface area contributed by atoms with Gasteiger partial charge in [0, 0.05) is 16.6 Å². The molecular weight excluding hydrogens is 448 g/mol. The molecule has 0 spiro atoms. The van der Waals surface area contributed by atoms with Gasteiger partial charge < -0.3 is 10.1 Å². The maximum atomic E-state index is 13.1. The predicted octanol–water partition coefficient (Wildman–Crippen LogP) is 3.08. The Labute approximate surface area is 171 Å². The number of nitrogens with zero attached hydrogens (tertiary/aromatic N) is 1. The first-order valence-electron chi connectivity index (χ1n) is 8.52. The average molecular weight is 467 g/mol. The number of amides is 2. The van der Waals surface area contributed by atoms with E-state index in [2.05, 4.69) is 21.2 Å². The summed E-state index contributed by atoms with van der Waals surface area (Å²) < 4.78 is 32.9. The number of sulfonamides is 1. The van der Waals surface area contributed by atoms with E-state index in [-0.39, 0.29) is 17.7 Å². The number of rotatable bonds is 5. The molecule has 0 unspecified atom stereocenters. The van der Waals surface area contributed by atoms with Crippen molar-refractivity contribution in [1.82, 2.24) is 4.31 Å². The van der Waals surface area contributed by atoms with Crippen molar-refractivity contribution in [3.63, 3.8) is 0 Å². The SMILES string of the molecule is COc1ccc(S(=O)(=O)N2C(=O)CC[C@H]2C(=O)Nc2ccc(Br)cc2)cc1C. The van der Waals surface area contributed by atoms with Crippen molar-refractivity contribution in [2.45, 2.75) is 30.7 Å². The first kappa shape index (κ1) is 20.3. The molecule has 0 aliphatic carbocycles. The largest absolute Gasteiger partial charge is 0.496 e. The lowest BCUT2D eigenvalue weighted by atomic mass is 10.2.